The Bertz CT molecular complexity index is 129. The zero-order chi connectivity index (χ0) is 7.44. The Balaban J connectivity index is 3.88. The Hall–Kier alpha value is -0.900. The lowest BCUT2D eigenvalue weighted by Gasteiger charge is -2.01. The monoisotopic (exact) mass is 132 g/mol. The molecule has 0 saturated heterocycles. The molecule has 0 heterocycles. The summed E-state index contributed by atoms with van der Waals surface area (Å²) >= 11 is 0. The molecule has 52 valence electrons. The maximum Gasteiger partial charge on any atom is 0.342 e. The summed E-state index contributed by atoms with van der Waals surface area (Å²) in [7, 11) is 1.11. The van der Waals surface area contributed by atoms with Crippen LogP contribution in [-0.2, 0) is 14.3 Å². The van der Waals surface area contributed by atoms with Crippen molar-refractivity contribution in [3.63, 3.8) is 0 Å². The van der Waals surface area contributed by atoms with Gasteiger partial charge in [-0.05, 0) is 6.92 Å². The van der Waals surface area contributed by atoms with E-state index in [1.54, 1.807) is 0 Å². The van der Waals surface area contributed by atoms with Crippen molar-refractivity contribution in [3.05, 3.63) is 0 Å². The van der Waals surface area contributed by atoms with E-state index < -0.39 is 17.9 Å². The molecule has 0 aliphatic heterocycles. The maximum absolute atomic E-state index is 10.3. The molecule has 0 spiro atoms. The number of hydrogen-bond donors (Lipinski definition) is 1. The highest BCUT2D eigenvalue weighted by atomic mass is 16.5. The second kappa shape index (κ2) is 3.19. The van der Waals surface area contributed by atoms with Crippen molar-refractivity contribution in [2.24, 2.45) is 0 Å². The van der Waals surface area contributed by atoms with Gasteiger partial charge in [0.2, 0.25) is 6.10 Å². The Morgan fingerprint density at radius 2 is 2.00 bits per heavy atom. The van der Waals surface area contributed by atoms with Crippen molar-refractivity contribution in [1.82, 2.24) is 0 Å². The number of methoxy groups -OCH3 is 1. The summed E-state index contributed by atoms with van der Waals surface area (Å²) < 4.78 is 4.06. The van der Waals surface area contributed by atoms with E-state index in [1.165, 1.54) is 0 Å². The average molecular weight is 132 g/mol. The third-order valence-corrected chi connectivity index (χ3v) is 0.810. The minimum Gasteiger partial charge on any atom is -0.467 e. The van der Waals surface area contributed by atoms with Crippen molar-refractivity contribution >= 4 is 11.8 Å². The van der Waals surface area contributed by atoms with Crippen molar-refractivity contribution in [2.45, 2.75) is 13.0 Å². The number of ether oxygens (including phenoxy) is 1. The highest BCUT2D eigenvalue weighted by Crippen LogP contribution is 1.86. The van der Waals surface area contributed by atoms with E-state index in [0.717, 1.165) is 14.0 Å². The van der Waals surface area contributed by atoms with E-state index in [0.29, 0.717) is 0 Å². The van der Waals surface area contributed by atoms with Crippen LogP contribution in [0.25, 0.3) is 0 Å². The van der Waals surface area contributed by atoms with E-state index in [-0.39, 0.29) is 0 Å². The Morgan fingerprint density at radius 3 is 2.11 bits per heavy atom. The molecular weight excluding hydrogens is 124 g/mol. The molecular formula is C5H8O4. The van der Waals surface area contributed by atoms with Crippen LogP contribution in [0.4, 0.5) is 0 Å². The number of aliphatic hydroxyl groups excluding tert-OH is 1. The van der Waals surface area contributed by atoms with Crippen LogP contribution in [0.3, 0.4) is 0 Å². The fourth-order valence-electron chi connectivity index (χ4n) is 0.278. The van der Waals surface area contributed by atoms with E-state index >= 15 is 0 Å². The van der Waals surface area contributed by atoms with Crippen LogP contribution < -0.4 is 0 Å². The zero-order valence-corrected chi connectivity index (χ0v) is 5.25. The standard InChI is InChI=1S/C5H8O4/c1-3(6)4(7)5(8)9-2/h4,7H,1-2H3. The summed E-state index contributed by atoms with van der Waals surface area (Å²) in [5.41, 5.74) is 0. The molecule has 0 amide bonds. The number of Topliss-reactive ketones (excluding diaryl/α,β-unsaturated/α-hetero) is 1. The number of carbonyl (C=O) groups excluding carboxylic acids is 2. The smallest absolute Gasteiger partial charge is 0.342 e. The lowest BCUT2D eigenvalue weighted by atomic mass is 10.3. The Labute approximate surface area is 52.4 Å². The van der Waals surface area contributed by atoms with Crippen LogP contribution >= 0.6 is 0 Å². The number of esters is 1. The first-order chi connectivity index (χ1) is 4.09. The van der Waals surface area contributed by atoms with Gasteiger partial charge in [0.15, 0.2) is 5.78 Å². The van der Waals surface area contributed by atoms with Crippen LogP contribution in [-0.4, -0.2) is 30.1 Å². The van der Waals surface area contributed by atoms with Gasteiger partial charge in [-0.25, -0.2) is 4.79 Å². The molecule has 0 rings (SSSR count). The number of hydrogen-bond acceptors (Lipinski definition) is 4. The molecule has 9 heavy (non-hydrogen) atoms. The number of rotatable bonds is 2. The molecule has 4 nitrogen and oxygen atoms in total. The van der Waals surface area contributed by atoms with Gasteiger partial charge in [-0.2, -0.15) is 0 Å². The van der Waals surface area contributed by atoms with Crippen molar-refractivity contribution in [1.29, 1.82) is 0 Å². The molecule has 0 saturated carbocycles. The van der Waals surface area contributed by atoms with Crippen LogP contribution in [0, 0.1) is 0 Å². The molecule has 1 atom stereocenters. The number of aliphatic hydroxyl groups is 1. The summed E-state index contributed by atoms with van der Waals surface area (Å²) in [6.07, 6.45) is -1.62. The minimum absolute atomic E-state index is 0.609. The lowest BCUT2D eigenvalue weighted by Crippen LogP contribution is -2.28. The fourth-order valence-corrected chi connectivity index (χ4v) is 0.278. The van der Waals surface area contributed by atoms with Gasteiger partial charge in [-0.1, -0.05) is 0 Å². The molecule has 0 aromatic carbocycles. The van der Waals surface area contributed by atoms with Crippen LogP contribution in [0.15, 0.2) is 0 Å². The molecule has 0 aliphatic rings. The maximum atomic E-state index is 10.3. The van der Waals surface area contributed by atoms with E-state index in [9.17, 15) is 9.59 Å². The molecule has 4 heteroatoms. The van der Waals surface area contributed by atoms with Crippen molar-refractivity contribution < 1.29 is 19.4 Å². The van der Waals surface area contributed by atoms with Crippen LogP contribution in [0.2, 0.25) is 0 Å². The predicted molar refractivity (Wildman–Crippen MR) is 28.7 cm³/mol. The molecule has 0 bridgehead atoms. The summed E-state index contributed by atoms with van der Waals surface area (Å²) in [5.74, 6) is -1.52. The summed E-state index contributed by atoms with van der Waals surface area (Å²) in [5, 5.41) is 8.57. The molecule has 0 radical (unpaired) electrons. The van der Waals surface area contributed by atoms with Crippen LogP contribution in [0.1, 0.15) is 6.92 Å². The molecule has 1 unspecified atom stereocenters. The average Bonchev–Trinajstić information content (AvgIpc) is 1.84. The first kappa shape index (κ1) is 8.10. The third-order valence-electron chi connectivity index (χ3n) is 0.810. The molecule has 0 aromatic heterocycles. The van der Waals surface area contributed by atoms with Gasteiger partial charge in [-0.3, -0.25) is 4.79 Å². The van der Waals surface area contributed by atoms with E-state index in [4.69, 9.17) is 5.11 Å². The third kappa shape index (κ3) is 2.23. The molecule has 1 N–H and O–H groups in total. The van der Waals surface area contributed by atoms with Gasteiger partial charge in [0.25, 0.3) is 0 Å². The topological polar surface area (TPSA) is 63.6 Å². The predicted octanol–water partition coefficient (Wildman–Crippen LogP) is -0.891. The van der Waals surface area contributed by atoms with Gasteiger partial charge in [0.1, 0.15) is 0 Å². The second-order valence-corrected chi connectivity index (χ2v) is 1.54. The van der Waals surface area contributed by atoms with E-state index in [1.807, 2.05) is 0 Å². The summed E-state index contributed by atoms with van der Waals surface area (Å²) in [4.78, 5) is 20.5. The first-order valence-corrected chi connectivity index (χ1v) is 2.36. The molecule has 0 fully saturated rings. The molecule has 0 aliphatic carbocycles. The zero-order valence-electron chi connectivity index (χ0n) is 5.25. The van der Waals surface area contributed by atoms with Crippen molar-refractivity contribution in [3.8, 4) is 0 Å². The van der Waals surface area contributed by atoms with Gasteiger partial charge in [-0.15, -0.1) is 0 Å². The Morgan fingerprint density at radius 1 is 1.56 bits per heavy atom. The van der Waals surface area contributed by atoms with Gasteiger partial charge in [0, 0.05) is 0 Å². The van der Waals surface area contributed by atoms with Crippen LogP contribution in [0.5, 0.6) is 0 Å². The minimum atomic E-state index is -1.62. The number of ketones is 1. The first-order valence-electron chi connectivity index (χ1n) is 2.36. The molecule has 0 aromatic rings. The summed E-state index contributed by atoms with van der Waals surface area (Å²) in [6, 6.07) is 0. The quantitative estimate of drug-likeness (QED) is 0.391. The second-order valence-electron chi connectivity index (χ2n) is 1.54. The number of carbonyl (C=O) groups is 2. The van der Waals surface area contributed by atoms with Gasteiger partial charge < -0.3 is 9.84 Å². The largest absolute Gasteiger partial charge is 0.467 e. The normalized spacial score (nSPS) is 12.3. The van der Waals surface area contributed by atoms with Gasteiger partial charge >= 0.3 is 5.97 Å². The Kier molecular flexibility index (Phi) is 2.87. The van der Waals surface area contributed by atoms with Gasteiger partial charge in [0.05, 0.1) is 7.11 Å². The van der Waals surface area contributed by atoms with E-state index in [2.05, 4.69) is 4.74 Å². The highest BCUT2D eigenvalue weighted by molar-refractivity contribution is 6.00. The SMILES string of the molecule is COC(=O)C(O)C(C)=O. The lowest BCUT2D eigenvalue weighted by molar-refractivity contribution is -0.154. The highest BCUT2D eigenvalue weighted by Gasteiger charge is 2.19. The fraction of sp³-hybridized carbons (Fsp3) is 0.600. The van der Waals surface area contributed by atoms with Crippen molar-refractivity contribution in [2.75, 3.05) is 7.11 Å². The summed E-state index contributed by atoms with van der Waals surface area (Å²) in [6.45, 7) is 1.11.